The Morgan fingerprint density at radius 2 is 1.69 bits per heavy atom. The first-order chi connectivity index (χ1) is 15.1. The first kappa shape index (κ1) is 25.3. The molecule has 1 aromatic heterocycles. The van der Waals surface area contributed by atoms with Gasteiger partial charge in [-0.1, -0.05) is 62.8 Å². The highest BCUT2D eigenvalue weighted by Gasteiger charge is 2.28. The zero-order valence-electron chi connectivity index (χ0n) is 20.1. The number of hydrogen-bond acceptors (Lipinski definition) is 3. The van der Waals surface area contributed by atoms with E-state index in [4.69, 9.17) is 4.74 Å². The minimum absolute atomic E-state index is 0.0683. The van der Waals surface area contributed by atoms with Crippen LogP contribution >= 0.6 is 0 Å². The van der Waals surface area contributed by atoms with Crippen molar-refractivity contribution < 1.29 is 18.9 Å². The molecule has 1 atom stereocenters. The Balaban J connectivity index is 1.75. The molecular weight excluding hydrogens is 400 g/mol. The van der Waals surface area contributed by atoms with Gasteiger partial charge < -0.3 is 10.1 Å². The molecule has 0 spiro atoms. The average Bonchev–Trinajstić information content (AvgIpc) is 2.75. The Bertz CT molecular complexity index is 893. The number of hydrogen-bond donors (Lipinski definition) is 1. The van der Waals surface area contributed by atoms with Crippen LogP contribution in [0.15, 0.2) is 66.5 Å². The van der Waals surface area contributed by atoms with Gasteiger partial charge >= 0.3 is 5.97 Å². The smallest absolute Gasteiger partial charge is 0.312 e. The molecule has 1 aromatic carbocycles. The predicted octanol–water partition coefficient (Wildman–Crippen LogP) is 4.39. The molecular formula is C27H37N2O3+. The number of carbonyl (C=O) groups excluding carboxylic acids is 2. The molecule has 0 fully saturated rings. The summed E-state index contributed by atoms with van der Waals surface area (Å²) in [6.07, 6.45) is 7.06. The lowest BCUT2D eigenvalue weighted by molar-refractivity contribution is -0.696. The van der Waals surface area contributed by atoms with Gasteiger partial charge in [-0.3, -0.25) is 9.59 Å². The average molecular weight is 438 g/mol. The van der Waals surface area contributed by atoms with E-state index in [1.165, 1.54) is 0 Å². The summed E-state index contributed by atoms with van der Waals surface area (Å²) in [5.41, 5.74) is 3.15. The first-order valence-corrected chi connectivity index (χ1v) is 11.3. The largest absolute Gasteiger partial charge is 0.461 e. The number of nitrogens with one attached hydrogen (secondary N) is 1. The fraction of sp³-hybridized carbons (Fsp3) is 0.444. The quantitative estimate of drug-likeness (QED) is 0.341. The number of aromatic nitrogens is 1. The third-order valence-corrected chi connectivity index (χ3v) is 5.21. The van der Waals surface area contributed by atoms with Crippen LogP contribution in [0, 0.1) is 11.3 Å². The number of aryl methyl sites for hydroxylation is 1. The molecule has 0 bridgehead atoms. The van der Waals surface area contributed by atoms with Gasteiger partial charge in [0.1, 0.15) is 13.0 Å². The lowest BCUT2D eigenvalue weighted by Gasteiger charge is -2.27. The highest BCUT2D eigenvalue weighted by Crippen LogP contribution is 2.28. The highest BCUT2D eigenvalue weighted by molar-refractivity contribution is 5.81. The maximum absolute atomic E-state index is 12.7. The van der Waals surface area contributed by atoms with Crippen LogP contribution in [0.4, 0.5) is 0 Å². The minimum atomic E-state index is -0.210. The summed E-state index contributed by atoms with van der Waals surface area (Å²) in [5.74, 6) is -0.288. The molecule has 1 amide bonds. The SMILES string of the molecule is CC(C)=CC(C(=O)NCCc1cc[n+](CCC(=O)OCc2ccccc2)cc1)C(C)(C)C. The van der Waals surface area contributed by atoms with E-state index in [9.17, 15) is 9.59 Å². The number of carbonyl (C=O) groups is 2. The van der Waals surface area contributed by atoms with Gasteiger partial charge in [0.15, 0.2) is 18.9 Å². The molecule has 1 heterocycles. The molecule has 0 saturated heterocycles. The lowest BCUT2D eigenvalue weighted by atomic mass is 9.79. The zero-order chi connectivity index (χ0) is 23.6. The van der Waals surface area contributed by atoms with Crippen molar-refractivity contribution in [3.8, 4) is 0 Å². The number of amides is 1. The van der Waals surface area contributed by atoms with E-state index in [0.717, 1.165) is 23.1 Å². The van der Waals surface area contributed by atoms with E-state index in [0.29, 0.717) is 26.1 Å². The van der Waals surface area contributed by atoms with Gasteiger partial charge in [-0.15, -0.1) is 0 Å². The van der Waals surface area contributed by atoms with Gasteiger partial charge in [0.2, 0.25) is 5.91 Å². The molecule has 2 rings (SSSR count). The van der Waals surface area contributed by atoms with Gasteiger partial charge in [0.25, 0.3) is 0 Å². The van der Waals surface area contributed by atoms with Crippen LogP contribution in [0.5, 0.6) is 0 Å². The van der Waals surface area contributed by atoms with Crippen molar-refractivity contribution >= 4 is 11.9 Å². The van der Waals surface area contributed by atoms with Crippen LogP contribution in [0.2, 0.25) is 0 Å². The van der Waals surface area contributed by atoms with Crippen LogP contribution in [-0.2, 0) is 33.9 Å². The number of benzene rings is 1. The minimum Gasteiger partial charge on any atom is -0.461 e. The number of allylic oxidation sites excluding steroid dienone is 1. The van der Waals surface area contributed by atoms with E-state index < -0.39 is 0 Å². The predicted molar refractivity (Wildman–Crippen MR) is 127 cm³/mol. The monoisotopic (exact) mass is 437 g/mol. The summed E-state index contributed by atoms with van der Waals surface area (Å²) < 4.78 is 7.29. The topological polar surface area (TPSA) is 59.3 Å². The van der Waals surface area contributed by atoms with E-state index in [1.54, 1.807) is 0 Å². The first-order valence-electron chi connectivity index (χ1n) is 11.3. The summed E-state index contributed by atoms with van der Waals surface area (Å²) in [5, 5.41) is 3.07. The molecule has 172 valence electrons. The van der Waals surface area contributed by atoms with Crippen LogP contribution < -0.4 is 9.88 Å². The van der Waals surface area contributed by atoms with Gasteiger partial charge in [-0.05, 0) is 36.8 Å². The molecule has 2 aromatic rings. The number of nitrogens with zero attached hydrogens (tertiary/aromatic N) is 1. The fourth-order valence-corrected chi connectivity index (χ4v) is 3.33. The van der Waals surface area contributed by atoms with Crippen molar-refractivity contribution in [2.75, 3.05) is 6.54 Å². The summed E-state index contributed by atoms with van der Waals surface area (Å²) in [4.78, 5) is 24.6. The molecule has 0 aliphatic carbocycles. The Hall–Kier alpha value is -2.95. The third kappa shape index (κ3) is 9.04. The van der Waals surface area contributed by atoms with Crippen molar-refractivity contribution in [3.05, 3.63) is 77.6 Å². The van der Waals surface area contributed by atoms with E-state index in [1.807, 2.05) is 79.3 Å². The number of pyridine rings is 1. The number of esters is 1. The summed E-state index contributed by atoms with van der Waals surface area (Å²) in [6, 6.07) is 13.7. The Kier molecular flexibility index (Phi) is 9.63. The van der Waals surface area contributed by atoms with Crippen LogP contribution in [0.1, 0.15) is 52.2 Å². The lowest BCUT2D eigenvalue weighted by Crippen LogP contribution is -2.38. The summed E-state index contributed by atoms with van der Waals surface area (Å²) >= 11 is 0. The molecule has 32 heavy (non-hydrogen) atoms. The second-order valence-corrected chi connectivity index (χ2v) is 9.47. The molecule has 1 unspecified atom stereocenters. The van der Waals surface area contributed by atoms with Crippen LogP contribution in [0.3, 0.4) is 0 Å². The standard InChI is InChI=1S/C27H36N2O3/c1-21(2)19-24(27(3,4)5)26(31)28-15-11-22-12-16-29(17-13-22)18-14-25(30)32-20-23-9-7-6-8-10-23/h6-10,12-13,16-17,19,24H,11,14-15,18,20H2,1-5H3/p+1. The molecule has 0 saturated carbocycles. The van der Waals surface area contributed by atoms with E-state index in [2.05, 4.69) is 26.1 Å². The van der Waals surface area contributed by atoms with Crippen molar-refractivity contribution in [2.45, 2.75) is 60.6 Å². The summed E-state index contributed by atoms with van der Waals surface area (Å²) in [7, 11) is 0. The molecule has 5 heteroatoms. The molecule has 5 nitrogen and oxygen atoms in total. The Morgan fingerprint density at radius 3 is 2.28 bits per heavy atom. The van der Waals surface area contributed by atoms with Crippen molar-refractivity contribution in [3.63, 3.8) is 0 Å². The van der Waals surface area contributed by atoms with Crippen LogP contribution in [0.25, 0.3) is 0 Å². The molecule has 0 aliphatic heterocycles. The maximum atomic E-state index is 12.7. The van der Waals surface area contributed by atoms with Crippen molar-refractivity contribution in [1.82, 2.24) is 5.32 Å². The maximum Gasteiger partial charge on any atom is 0.312 e. The van der Waals surface area contributed by atoms with E-state index in [-0.39, 0.29) is 23.2 Å². The van der Waals surface area contributed by atoms with Crippen molar-refractivity contribution in [2.24, 2.45) is 11.3 Å². The molecule has 0 aliphatic rings. The number of rotatable bonds is 10. The van der Waals surface area contributed by atoms with Gasteiger partial charge in [-0.25, -0.2) is 4.57 Å². The second kappa shape index (κ2) is 12.2. The van der Waals surface area contributed by atoms with Gasteiger partial charge in [-0.2, -0.15) is 0 Å². The van der Waals surface area contributed by atoms with Crippen molar-refractivity contribution in [1.29, 1.82) is 0 Å². The Morgan fingerprint density at radius 1 is 1.03 bits per heavy atom. The van der Waals surface area contributed by atoms with Gasteiger partial charge in [0.05, 0.1) is 5.92 Å². The second-order valence-electron chi connectivity index (χ2n) is 9.47. The number of ether oxygens (including phenoxy) is 1. The van der Waals surface area contributed by atoms with Crippen LogP contribution in [-0.4, -0.2) is 18.4 Å². The summed E-state index contributed by atoms with van der Waals surface area (Å²) in [6.45, 7) is 11.8. The van der Waals surface area contributed by atoms with Gasteiger partial charge in [0, 0.05) is 18.7 Å². The fourth-order valence-electron chi connectivity index (χ4n) is 3.33. The normalized spacial score (nSPS) is 12.0. The highest BCUT2D eigenvalue weighted by atomic mass is 16.5. The van der Waals surface area contributed by atoms with E-state index >= 15 is 0 Å². The zero-order valence-corrected chi connectivity index (χ0v) is 20.1. The molecule has 0 radical (unpaired) electrons. The third-order valence-electron chi connectivity index (χ3n) is 5.21. The Labute approximate surface area is 192 Å². The molecule has 1 N–H and O–H groups in total.